The first kappa shape index (κ1) is 12.8. The Hall–Kier alpha value is -1.68. The Kier molecular flexibility index (Phi) is 3.48. The Morgan fingerprint density at radius 2 is 2.06 bits per heavy atom. The first-order chi connectivity index (χ1) is 8.50. The van der Waals surface area contributed by atoms with Crippen LogP contribution in [0.15, 0.2) is 30.7 Å². The highest BCUT2D eigenvalue weighted by Crippen LogP contribution is 2.24. The van der Waals surface area contributed by atoms with Gasteiger partial charge in [-0.15, -0.1) is 0 Å². The molecule has 0 spiro atoms. The molecular formula is C14H18FN3. The molecule has 0 saturated carbocycles. The Morgan fingerprint density at radius 1 is 1.33 bits per heavy atom. The van der Waals surface area contributed by atoms with Crippen molar-refractivity contribution in [3.63, 3.8) is 0 Å². The SMILES string of the molecule is Cc1ccc(F)cc1-n1cncc1C(N)C(C)C. The summed E-state index contributed by atoms with van der Waals surface area (Å²) in [6, 6.07) is 4.61. The Labute approximate surface area is 106 Å². The van der Waals surface area contributed by atoms with Gasteiger partial charge in [-0.3, -0.25) is 0 Å². The van der Waals surface area contributed by atoms with E-state index in [4.69, 9.17) is 5.73 Å². The summed E-state index contributed by atoms with van der Waals surface area (Å²) in [5.41, 5.74) is 8.84. The minimum absolute atomic E-state index is 0.116. The van der Waals surface area contributed by atoms with Gasteiger partial charge in [0.05, 0.1) is 23.9 Å². The van der Waals surface area contributed by atoms with Crippen LogP contribution in [-0.4, -0.2) is 9.55 Å². The van der Waals surface area contributed by atoms with Crippen LogP contribution in [0.1, 0.15) is 31.1 Å². The highest BCUT2D eigenvalue weighted by Gasteiger charge is 2.17. The van der Waals surface area contributed by atoms with Crippen LogP contribution in [0.25, 0.3) is 5.69 Å². The molecule has 0 amide bonds. The van der Waals surface area contributed by atoms with Crippen LogP contribution < -0.4 is 5.73 Å². The van der Waals surface area contributed by atoms with E-state index in [1.807, 2.05) is 11.5 Å². The van der Waals surface area contributed by atoms with Gasteiger partial charge >= 0.3 is 0 Å². The first-order valence-electron chi connectivity index (χ1n) is 6.05. The van der Waals surface area contributed by atoms with Gasteiger partial charge in [0.1, 0.15) is 5.82 Å². The first-order valence-corrected chi connectivity index (χ1v) is 6.05. The monoisotopic (exact) mass is 247 g/mol. The quantitative estimate of drug-likeness (QED) is 0.906. The van der Waals surface area contributed by atoms with Crippen molar-refractivity contribution < 1.29 is 4.39 Å². The average Bonchev–Trinajstić information content (AvgIpc) is 2.80. The van der Waals surface area contributed by atoms with E-state index >= 15 is 0 Å². The topological polar surface area (TPSA) is 43.8 Å². The number of nitrogens with two attached hydrogens (primary N) is 1. The lowest BCUT2D eigenvalue weighted by Gasteiger charge is -2.19. The molecule has 1 atom stereocenters. The molecule has 0 saturated heterocycles. The normalized spacial score (nSPS) is 13.0. The van der Waals surface area contributed by atoms with Gasteiger partial charge in [-0.1, -0.05) is 19.9 Å². The van der Waals surface area contributed by atoms with Gasteiger partial charge in [-0.25, -0.2) is 9.37 Å². The van der Waals surface area contributed by atoms with Gasteiger partial charge in [0.25, 0.3) is 0 Å². The smallest absolute Gasteiger partial charge is 0.125 e. The largest absolute Gasteiger partial charge is 0.322 e. The summed E-state index contributed by atoms with van der Waals surface area (Å²) in [6.07, 6.45) is 3.42. The van der Waals surface area contributed by atoms with E-state index in [0.29, 0.717) is 5.92 Å². The fourth-order valence-electron chi connectivity index (χ4n) is 1.94. The Morgan fingerprint density at radius 3 is 2.72 bits per heavy atom. The number of aryl methyl sites for hydroxylation is 1. The van der Waals surface area contributed by atoms with Crippen molar-refractivity contribution in [2.45, 2.75) is 26.8 Å². The maximum atomic E-state index is 13.4. The minimum Gasteiger partial charge on any atom is -0.322 e. The van der Waals surface area contributed by atoms with Gasteiger partial charge in [0, 0.05) is 6.04 Å². The third-order valence-corrected chi connectivity index (χ3v) is 3.16. The molecule has 0 aliphatic rings. The van der Waals surface area contributed by atoms with Crippen molar-refractivity contribution in [1.82, 2.24) is 9.55 Å². The Balaban J connectivity index is 2.52. The van der Waals surface area contributed by atoms with Crippen LogP contribution in [0.3, 0.4) is 0 Å². The molecule has 0 fully saturated rings. The van der Waals surface area contributed by atoms with Crippen molar-refractivity contribution >= 4 is 0 Å². The molecule has 1 heterocycles. The van der Waals surface area contributed by atoms with Crippen LogP contribution >= 0.6 is 0 Å². The second-order valence-corrected chi connectivity index (χ2v) is 4.89. The molecule has 2 aromatic rings. The summed E-state index contributed by atoms with van der Waals surface area (Å²) < 4.78 is 15.2. The number of rotatable bonds is 3. The van der Waals surface area contributed by atoms with Crippen molar-refractivity contribution in [2.24, 2.45) is 11.7 Å². The molecule has 96 valence electrons. The molecule has 4 heteroatoms. The zero-order valence-electron chi connectivity index (χ0n) is 10.9. The van der Waals surface area contributed by atoms with E-state index in [9.17, 15) is 4.39 Å². The van der Waals surface area contributed by atoms with Gasteiger partial charge in [-0.05, 0) is 30.5 Å². The van der Waals surface area contributed by atoms with Crippen LogP contribution in [-0.2, 0) is 0 Å². The summed E-state index contributed by atoms with van der Waals surface area (Å²) >= 11 is 0. The molecular weight excluding hydrogens is 229 g/mol. The molecule has 1 unspecified atom stereocenters. The van der Waals surface area contributed by atoms with Crippen LogP contribution in [0, 0.1) is 18.7 Å². The van der Waals surface area contributed by atoms with Crippen molar-refractivity contribution in [1.29, 1.82) is 0 Å². The molecule has 0 radical (unpaired) electrons. The van der Waals surface area contributed by atoms with E-state index in [-0.39, 0.29) is 11.9 Å². The molecule has 18 heavy (non-hydrogen) atoms. The predicted octanol–water partition coefficient (Wildman–Crippen LogP) is 2.98. The van der Waals surface area contributed by atoms with E-state index < -0.39 is 0 Å². The number of imidazole rings is 1. The van der Waals surface area contributed by atoms with Crippen LogP contribution in [0.4, 0.5) is 4.39 Å². The van der Waals surface area contributed by atoms with Crippen molar-refractivity contribution in [3.05, 3.63) is 47.8 Å². The van der Waals surface area contributed by atoms with Crippen LogP contribution in [0.2, 0.25) is 0 Å². The third kappa shape index (κ3) is 2.29. The summed E-state index contributed by atoms with van der Waals surface area (Å²) in [5.74, 6) is 0.0442. The fraction of sp³-hybridized carbons (Fsp3) is 0.357. The highest BCUT2D eigenvalue weighted by atomic mass is 19.1. The number of benzene rings is 1. The lowest BCUT2D eigenvalue weighted by atomic mass is 10.0. The van der Waals surface area contributed by atoms with Gasteiger partial charge in [-0.2, -0.15) is 0 Å². The second kappa shape index (κ2) is 4.90. The summed E-state index contributed by atoms with van der Waals surface area (Å²) in [5, 5.41) is 0. The van der Waals surface area contributed by atoms with Gasteiger partial charge in [0.15, 0.2) is 0 Å². The van der Waals surface area contributed by atoms with Crippen molar-refractivity contribution in [3.8, 4) is 5.69 Å². The molecule has 0 bridgehead atoms. The zero-order chi connectivity index (χ0) is 13.3. The summed E-state index contributed by atoms with van der Waals surface area (Å²) in [7, 11) is 0. The highest BCUT2D eigenvalue weighted by molar-refractivity contribution is 5.42. The van der Waals surface area contributed by atoms with Crippen LogP contribution in [0.5, 0.6) is 0 Å². The standard InChI is InChI=1S/C14H18FN3/c1-9(2)14(16)13-7-17-8-18(13)12-6-11(15)5-4-10(12)3/h4-9,14H,16H2,1-3H3. The predicted molar refractivity (Wildman–Crippen MR) is 70.0 cm³/mol. The minimum atomic E-state index is -0.256. The van der Waals surface area contributed by atoms with Gasteiger partial charge in [0.2, 0.25) is 0 Å². The maximum Gasteiger partial charge on any atom is 0.125 e. The molecule has 0 aliphatic heterocycles. The lowest BCUT2D eigenvalue weighted by Crippen LogP contribution is -2.20. The zero-order valence-corrected chi connectivity index (χ0v) is 10.9. The molecule has 2 rings (SSSR count). The average molecular weight is 247 g/mol. The van der Waals surface area contributed by atoms with E-state index in [0.717, 1.165) is 16.9 Å². The number of aromatic nitrogens is 2. The van der Waals surface area contributed by atoms with Crippen molar-refractivity contribution in [2.75, 3.05) is 0 Å². The number of hydrogen-bond acceptors (Lipinski definition) is 2. The van der Waals surface area contributed by atoms with E-state index in [1.165, 1.54) is 12.1 Å². The van der Waals surface area contributed by atoms with Gasteiger partial charge < -0.3 is 10.3 Å². The lowest BCUT2D eigenvalue weighted by molar-refractivity contribution is 0.496. The third-order valence-electron chi connectivity index (χ3n) is 3.16. The summed E-state index contributed by atoms with van der Waals surface area (Å²) in [6.45, 7) is 6.06. The second-order valence-electron chi connectivity index (χ2n) is 4.89. The maximum absolute atomic E-state index is 13.4. The molecule has 3 nitrogen and oxygen atoms in total. The molecule has 1 aromatic carbocycles. The molecule has 2 N–H and O–H groups in total. The number of hydrogen-bond donors (Lipinski definition) is 1. The number of halogens is 1. The molecule has 1 aromatic heterocycles. The Bertz CT molecular complexity index is 546. The molecule has 0 aliphatic carbocycles. The van der Waals surface area contributed by atoms with E-state index in [2.05, 4.69) is 18.8 Å². The summed E-state index contributed by atoms with van der Waals surface area (Å²) in [4.78, 5) is 4.13. The fourth-order valence-corrected chi connectivity index (χ4v) is 1.94. The van der Waals surface area contributed by atoms with E-state index in [1.54, 1.807) is 18.6 Å². The number of nitrogens with zero attached hydrogens (tertiary/aromatic N) is 2.